The Morgan fingerprint density at radius 1 is 1.22 bits per heavy atom. The van der Waals surface area contributed by atoms with Gasteiger partial charge in [0, 0.05) is 11.9 Å². The second kappa shape index (κ2) is 7.61. The van der Waals surface area contributed by atoms with Crippen LogP contribution in [0.25, 0.3) is 0 Å². The Balaban J connectivity index is 2.10. The van der Waals surface area contributed by atoms with Crippen LogP contribution in [0.4, 0.5) is 15.8 Å². The lowest BCUT2D eigenvalue weighted by molar-refractivity contribution is -0.112. The number of rotatable bonds is 5. The highest BCUT2D eigenvalue weighted by Crippen LogP contribution is 2.23. The van der Waals surface area contributed by atoms with Gasteiger partial charge in [0.05, 0.1) is 12.8 Å². The Kier molecular flexibility index (Phi) is 5.31. The summed E-state index contributed by atoms with van der Waals surface area (Å²) in [7, 11) is 1.52. The molecule has 0 spiro atoms. The maximum atomic E-state index is 12.8. The van der Waals surface area contributed by atoms with Crippen molar-refractivity contribution in [2.24, 2.45) is 0 Å². The van der Waals surface area contributed by atoms with Crippen molar-refractivity contribution in [3.05, 3.63) is 66.1 Å². The summed E-state index contributed by atoms with van der Waals surface area (Å²) in [5.74, 6) is -0.418. The van der Waals surface area contributed by atoms with Gasteiger partial charge in [-0.25, -0.2) is 4.39 Å². The van der Waals surface area contributed by atoms with Gasteiger partial charge in [-0.05, 0) is 36.4 Å². The van der Waals surface area contributed by atoms with E-state index in [9.17, 15) is 9.18 Å². The molecule has 0 heterocycles. The van der Waals surface area contributed by atoms with Gasteiger partial charge in [0.1, 0.15) is 23.2 Å². The van der Waals surface area contributed by atoms with Crippen LogP contribution < -0.4 is 15.4 Å². The molecule has 0 fully saturated rings. The summed E-state index contributed by atoms with van der Waals surface area (Å²) >= 11 is 0. The normalized spacial score (nSPS) is 10.6. The highest BCUT2D eigenvalue weighted by atomic mass is 19.1. The van der Waals surface area contributed by atoms with E-state index in [4.69, 9.17) is 10.00 Å². The first kappa shape index (κ1) is 16.0. The molecule has 2 N–H and O–H groups in total. The van der Waals surface area contributed by atoms with Gasteiger partial charge < -0.3 is 15.4 Å². The van der Waals surface area contributed by atoms with E-state index in [1.165, 1.54) is 37.6 Å². The fourth-order valence-electron chi connectivity index (χ4n) is 1.79. The number of halogens is 1. The molecule has 2 aromatic carbocycles. The number of ether oxygens (including phenoxy) is 1. The Labute approximate surface area is 133 Å². The molecule has 23 heavy (non-hydrogen) atoms. The summed E-state index contributed by atoms with van der Waals surface area (Å²) < 4.78 is 18.0. The molecule has 0 atom stereocenters. The molecule has 1 amide bonds. The van der Waals surface area contributed by atoms with Gasteiger partial charge in [-0.15, -0.1) is 0 Å². The highest BCUT2D eigenvalue weighted by molar-refractivity contribution is 6.06. The van der Waals surface area contributed by atoms with Crippen molar-refractivity contribution < 1.29 is 13.9 Å². The van der Waals surface area contributed by atoms with Crippen LogP contribution in [-0.2, 0) is 4.79 Å². The molecule has 0 saturated carbocycles. The number of carbonyl (C=O) groups excluding carboxylic acids is 1. The zero-order chi connectivity index (χ0) is 16.7. The summed E-state index contributed by atoms with van der Waals surface area (Å²) in [6, 6.07) is 14.2. The predicted molar refractivity (Wildman–Crippen MR) is 85.3 cm³/mol. The number of methoxy groups -OCH3 is 1. The number of benzene rings is 2. The van der Waals surface area contributed by atoms with Gasteiger partial charge in [-0.2, -0.15) is 5.26 Å². The van der Waals surface area contributed by atoms with Gasteiger partial charge in [0.25, 0.3) is 5.91 Å². The maximum Gasteiger partial charge on any atom is 0.267 e. The van der Waals surface area contributed by atoms with Gasteiger partial charge >= 0.3 is 0 Å². The SMILES string of the molecule is COc1ccccc1N/C=C(/C#N)C(=O)Nc1ccc(F)cc1. The second-order valence-corrected chi connectivity index (χ2v) is 4.48. The van der Waals surface area contributed by atoms with Crippen LogP contribution in [0.2, 0.25) is 0 Å². The van der Waals surface area contributed by atoms with E-state index in [0.717, 1.165) is 0 Å². The van der Waals surface area contributed by atoms with Crippen molar-refractivity contribution in [3.8, 4) is 11.8 Å². The molecule has 0 bridgehead atoms. The van der Waals surface area contributed by atoms with Gasteiger partial charge in [-0.3, -0.25) is 4.79 Å². The Morgan fingerprint density at radius 2 is 1.91 bits per heavy atom. The van der Waals surface area contributed by atoms with Crippen LogP contribution in [0.5, 0.6) is 5.75 Å². The van der Waals surface area contributed by atoms with Crippen LogP contribution in [-0.4, -0.2) is 13.0 Å². The third-order valence-corrected chi connectivity index (χ3v) is 2.95. The number of nitriles is 1. The van der Waals surface area contributed by atoms with E-state index < -0.39 is 11.7 Å². The minimum absolute atomic E-state index is 0.125. The second-order valence-electron chi connectivity index (χ2n) is 4.48. The molecule has 0 unspecified atom stereocenters. The lowest BCUT2D eigenvalue weighted by atomic mass is 10.2. The summed E-state index contributed by atoms with van der Waals surface area (Å²) in [6.07, 6.45) is 1.29. The molecule has 0 radical (unpaired) electrons. The minimum atomic E-state index is -0.596. The first-order valence-corrected chi connectivity index (χ1v) is 6.71. The number of para-hydroxylation sites is 2. The van der Waals surface area contributed by atoms with E-state index in [-0.39, 0.29) is 5.57 Å². The van der Waals surface area contributed by atoms with Gasteiger partial charge in [0.15, 0.2) is 0 Å². The average molecular weight is 311 g/mol. The van der Waals surface area contributed by atoms with Crippen molar-refractivity contribution in [2.75, 3.05) is 17.7 Å². The third-order valence-electron chi connectivity index (χ3n) is 2.95. The molecular formula is C17H14FN3O2. The highest BCUT2D eigenvalue weighted by Gasteiger charge is 2.10. The van der Waals surface area contributed by atoms with Crippen LogP contribution in [0, 0.1) is 17.1 Å². The summed E-state index contributed by atoms with van der Waals surface area (Å²) in [4.78, 5) is 12.0. The Morgan fingerprint density at radius 3 is 2.57 bits per heavy atom. The first-order valence-electron chi connectivity index (χ1n) is 6.71. The van der Waals surface area contributed by atoms with Crippen LogP contribution >= 0.6 is 0 Å². The Hall–Kier alpha value is -3.33. The first-order chi connectivity index (χ1) is 11.1. The molecule has 0 aliphatic rings. The maximum absolute atomic E-state index is 12.8. The van der Waals surface area contributed by atoms with E-state index in [1.54, 1.807) is 24.3 Å². The zero-order valence-corrected chi connectivity index (χ0v) is 12.3. The Bertz CT molecular complexity index is 764. The van der Waals surface area contributed by atoms with Crippen LogP contribution in [0.3, 0.4) is 0 Å². The van der Waals surface area contributed by atoms with Crippen molar-refractivity contribution in [1.82, 2.24) is 0 Å². The topological polar surface area (TPSA) is 74.1 Å². The smallest absolute Gasteiger partial charge is 0.267 e. The van der Waals surface area contributed by atoms with E-state index in [0.29, 0.717) is 17.1 Å². The van der Waals surface area contributed by atoms with E-state index >= 15 is 0 Å². The van der Waals surface area contributed by atoms with E-state index in [2.05, 4.69) is 10.6 Å². The fourth-order valence-corrected chi connectivity index (χ4v) is 1.79. The molecule has 116 valence electrons. The lowest BCUT2D eigenvalue weighted by Gasteiger charge is -2.08. The molecule has 0 aromatic heterocycles. The number of nitrogens with one attached hydrogen (secondary N) is 2. The number of amides is 1. The van der Waals surface area contributed by atoms with Crippen molar-refractivity contribution in [2.45, 2.75) is 0 Å². The van der Waals surface area contributed by atoms with Gasteiger partial charge in [-0.1, -0.05) is 12.1 Å². The average Bonchev–Trinajstić information content (AvgIpc) is 2.58. The summed E-state index contributed by atoms with van der Waals surface area (Å²) in [5.41, 5.74) is 0.896. The van der Waals surface area contributed by atoms with Crippen molar-refractivity contribution in [3.63, 3.8) is 0 Å². The van der Waals surface area contributed by atoms with E-state index in [1.807, 2.05) is 6.07 Å². The summed E-state index contributed by atoms with van der Waals surface area (Å²) in [6.45, 7) is 0. The fraction of sp³-hybridized carbons (Fsp3) is 0.0588. The lowest BCUT2D eigenvalue weighted by Crippen LogP contribution is -2.14. The number of hydrogen-bond donors (Lipinski definition) is 2. The quantitative estimate of drug-likeness (QED) is 0.656. The predicted octanol–water partition coefficient (Wildman–Crippen LogP) is 3.29. The molecule has 0 saturated heterocycles. The standard InChI is InChI=1S/C17H14FN3O2/c1-23-16-5-3-2-4-15(16)20-11-12(10-19)17(22)21-14-8-6-13(18)7-9-14/h2-9,11,20H,1H3,(H,21,22)/b12-11-. The number of carbonyl (C=O) groups is 1. The van der Waals surface area contributed by atoms with Crippen LogP contribution in [0.15, 0.2) is 60.3 Å². The number of hydrogen-bond acceptors (Lipinski definition) is 4. The van der Waals surface area contributed by atoms with Gasteiger partial charge in [0.2, 0.25) is 0 Å². The monoisotopic (exact) mass is 311 g/mol. The zero-order valence-electron chi connectivity index (χ0n) is 12.3. The molecule has 0 aliphatic carbocycles. The molecule has 2 aromatic rings. The van der Waals surface area contributed by atoms with Crippen LogP contribution in [0.1, 0.15) is 0 Å². The van der Waals surface area contributed by atoms with Crippen molar-refractivity contribution in [1.29, 1.82) is 5.26 Å². The third kappa shape index (κ3) is 4.32. The number of anilines is 2. The molecule has 2 rings (SSSR count). The summed E-state index contributed by atoms with van der Waals surface area (Å²) in [5, 5.41) is 14.5. The molecule has 0 aliphatic heterocycles. The molecule has 6 heteroatoms. The molecule has 5 nitrogen and oxygen atoms in total. The molecular weight excluding hydrogens is 297 g/mol. The van der Waals surface area contributed by atoms with Crippen molar-refractivity contribution >= 4 is 17.3 Å². The number of nitrogens with zero attached hydrogens (tertiary/aromatic N) is 1. The minimum Gasteiger partial charge on any atom is -0.495 e. The largest absolute Gasteiger partial charge is 0.495 e.